The maximum absolute atomic E-state index is 11.6. The Bertz CT molecular complexity index is 1290. The van der Waals surface area contributed by atoms with Gasteiger partial charge < -0.3 is 14.6 Å². The van der Waals surface area contributed by atoms with Crippen LogP contribution in [-0.2, 0) is 11.2 Å². The standard InChI is InChI=1S/C32H35NO4/c1-4-23-19-33(20-23)15-16-36-28-12-9-26(10-13-28)32-31(25-7-5-24(6-8-25)17-21(2)34)22(3)29-18-27(35)11-14-30(29)37-32/h5-14,18,23,32,35H,4,15-17,19-20H2,1-3H3/t32-/m1/s1. The Labute approximate surface area is 219 Å². The minimum atomic E-state index is -0.309. The van der Waals surface area contributed by atoms with Crippen molar-refractivity contribution in [2.45, 2.75) is 39.7 Å². The van der Waals surface area contributed by atoms with Gasteiger partial charge in [-0.05, 0) is 72.4 Å². The van der Waals surface area contributed by atoms with Crippen molar-refractivity contribution in [2.24, 2.45) is 5.92 Å². The number of fused-ring (bicyclic) bond motifs is 1. The van der Waals surface area contributed by atoms with Crippen LogP contribution in [-0.4, -0.2) is 42.0 Å². The molecule has 3 aromatic rings. The summed E-state index contributed by atoms with van der Waals surface area (Å²) in [6, 6.07) is 21.5. The lowest BCUT2D eigenvalue weighted by molar-refractivity contribution is -0.116. The number of carbonyl (C=O) groups is 1. The highest BCUT2D eigenvalue weighted by molar-refractivity contribution is 5.95. The van der Waals surface area contributed by atoms with E-state index in [9.17, 15) is 9.90 Å². The Morgan fingerprint density at radius 2 is 1.78 bits per heavy atom. The van der Waals surface area contributed by atoms with Gasteiger partial charge in [-0.15, -0.1) is 0 Å². The molecule has 0 aliphatic carbocycles. The molecular formula is C32H35NO4. The van der Waals surface area contributed by atoms with Crippen LogP contribution in [0.5, 0.6) is 17.2 Å². The number of rotatable bonds is 9. The molecule has 0 saturated carbocycles. The van der Waals surface area contributed by atoms with E-state index >= 15 is 0 Å². The smallest absolute Gasteiger partial charge is 0.150 e. The molecule has 0 unspecified atom stereocenters. The highest BCUT2D eigenvalue weighted by atomic mass is 16.5. The average molecular weight is 498 g/mol. The summed E-state index contributed by atoms with van der Waals surface area (Å²) in [4.78, 5) is 14.0. The third-order valence-electron chi connectivity index (χ3n) is 7.47. The van der Waals surface area contributed by atoms with Crippen LogP contribution < -0.4 is 9.47 Å². The average Bonchev–Trinajstić information content (AvgIpc) is 2.86. The number of phenols is 1. The van der Waals surface area contributed by atoms with Gasteiger partial charge in [0.1, 0.15) is 35.7 Å². The summed E-state index contributed by atoms with van der Waals surface area (Å²) < 4.78 is 12.6. The number of hydrogen-bond donors (Lipinski definition) is 1. The van der Waals surface area contributed by atoms with Gasteiger partial charge in [-0.3, -0.25) is 9.69 Å². The summed E-state index contributed by atoms with van der Waals surface area (Å²) in [7, 11) is 0. The van der Waals surface area contributed by atoms with Crippen LogP contribution in [0, 0.1) is 5.92 Å². The number of ketones is 1. The predicted molar refractivity (Wildman–Crippen MR) is 147 cm³/mol. The van der Waals surface area contributed by atoms with Crippen LogP contribution in [0.15, 0.2) is 66.7 Å². The van der Waals surface area contributed by atoms with Crippen LogP contribution in [0.2, 0.25) is 0 Å². The molecule has 37 heavy (non-hydrogen) atoms. The lowest BCUT2D eigenvalue weighted by Gasteiger charge is -2.38. The number of phenolic OH excluding ortho intramolecular Hbond substituents is 1. The number of carbonyl (C=O) groups excluding carboxylic acids is 1. The Balaban J connectivity index is 1.38. The van der Waals surface area contributed by atoms with Crippen molar-refractivity contribution >= 4 is 16.9 Å². The molecule has 2 heterocycles. The minimum absolute atomic E-state index is 0.142. The van der Waals surface area contributed by atoms with Crippen LogP contribution >= 0.6 is 0 Å². The van der Waals surface area contributed by atoms with Crippen molar-refractivity contribution in [1.82, 2.24) is 4.90 Å². The van der Waals surface area contributed by atoms with E-state index in [1.54, 1.807) is 19.1 Å². The van der Waals surface area contributed by atoms with Crippen LogP contribution in [0.4, 0.5) is 0 Å². The molecule has 5 rings (SSSR count). The first-order valence-corrected chi connectivity index (χ1v) is 13.2. The minimum Gasteiger partial charge on any atom is -0.508 e. The first-order valence-electron chi connectivity index (χ1n) is 13.2. The molecule has 0 aromatic heterocycles. The molecule has 3 aromatic carbocycles. The highest BCUT2D eigenvalue weighted by Gasteiger charge is 2.30. The van der Waals surface area contributed by atoms with Gasteiger partial charge >= 0.3 is 0 Å². The number of allylic oxidation sites excluding steroid dienone is 1. The van der Waals surface area contributed by atoms with Gasteiger partial charge in [0.25, 0.3) is 0 Å². The quantitative estimate of drug-likeness (QED) is 0.375. The fourth-order valence-electron chi connectivity index (χ4n) is 5.28. The monoisotopic (exact) mass is 497 g/mol. The molecule has 1 fully saturated rings. The molecule has 192 valence electrons. The number of hydrogen-bond acceptors (Lipinski definition) is 5. The number of Topliss-reactive ketones (excluding diaryl/α,β-unsaturated/α-hetero) is 1. The molecule has 0 amide bonds. The third kappa shape index (κ3) is 5.57. The Morgan fingerprint density at radius 1 is 1.05 bits per heavy atom. The number of nitrogens with zero attached hydrogens (tertiary/aromatic N) is 1. The highest BCUT2D eigenvalue weighted by Crippen LogP contribution is 2.47. The van der Waals surface area contributed by atoms with Gasteiger partial charge in [-0.1, -0.05) is 49.7 Å². The molecule has 5 heteroatoms. The fraction of sp³-hybridized carbons (Fsp3) is 0.344. The Kier molecular flexibility index (Phi) is 7.33. The molecule has 1 atom stereocenters. The lowest BCUT2D eigenvalue weighted by atomic mass is 9.85. The second kappa shape index (κ2) is 10.8. The van der Waals surface area contributed by atoms with E-state index in [0.717, 1.165) is 57.4 Å². The summed E-state index contributed by atoms with van der Waals surface area (Å²) in [5, 5.41) is 10.1. The Hall–Kier alpha value is -3.57. The van der Waals surface area contributed by atoms with E-state index in [0.29, 0.717) is 13.0 Å². The van der Waals surface area contributed by atoms with Crippen LogP contribution in [0.3, 0.4) is 0 Å². The van der Waals surface area contributed by atoms with E-state index < -0.39 is 0 Å². The van der Waals surface area contributed by atoms with Crippen molar-refractivity contribution < 1.29 is 19.4 Å². The lowest BCUT2D eigenvalue weighted by Crippen LogP contribution is -2.47. The normalized spacial score (nSPS) is 17.6. The summed E-state index contributed by atoms with van der Waals surface area (Å²) in [5.74, 6) is 2.80. The second-order valence-corrected chi connectivity index (χ2v) is 10.2. The van der Waals surface area contributed by atoms with Crippen molar-refractivity contribution in [1.29, 1.82) is 0 Å². The molecule has 0 bridgehead atoms. The third-order valence-corrected chi connectivity index (χ3v) is 7.47. The molecule has 1 saturated heterocycles. The second-order valence-electron chi connectivity index (χ2n) is 10.2. The fourth-order valence-corrected chi connectivity index (χ4v) is 5.28. The summed E-state index contributed by atoms with van der Waals surface area (Å²) in [5.41, 5.74) is 6.04. The van der Waals surface area contributed by atoms with Crippen LogP contribution in [0.1, 0.15) is 55.5 Å². The van der Waals surface area contributed by atoms with Crippen molar-refractivity contribution in [3.05, 3.63) is 89.0 Å². The number of ether oxygens (including phenoxy) is 2. The molecule has 0 radical (unpaired) electrons. The Morgan fingerprint density at radius 3 is 2.46 bits per heavy atom. The zero-order valence-electron chi connectivity index (χ0n) is 21.9. The van der Waals surface area contributed by atoms with Gasteiger partial charge in [-0.2, -0.15) is 0 Å². The van der Waals surface area contributed by atoms with E-state index in [4.69, 9.17) is 9.47 Å². The molecule has 2 aliphatic rings. The van der Waals surface area contributed by atoms with E-state index in [2.05, 4.69) is 43.0 Å². The maximum Gasteiger partial charge on any atom is 0.150 e. The molecule has 2 aliphatic heterocycles. The van der Waals surface area contributed by atoms with E-state index in [1.165, 1.54) is 19.5 Å². The summed E-state index contributed by atoms with van der Waals surface area (Å²) in [6.07, 6.45) is 1.37. The maximum atomic E-state index is 11.6. The van der Waals surface area contributed by atoms with Crippen molar-refractivity contribution in [3.63, 3.8) is 0 Å². The zero-order chi connectivity index (χ0) is 25.9. The summed E-state index contributed by atoms with van der Waals surface area (Å²) in [6.45, 7) is 9.94. The molecular weight excluding hydrogens is 462 g/mol. The first kappa shape index (κ1) is 25.1. The molecule has 1 N–H and O–H groups in total. The number of likely N-dealkylation sites (tertiary alicyclic amines) is 1. The predicted octanol–water partition coefficient (Wildman–Crippen LogP) is 6.31. The number of aromatic hydroxyl groups is 1. The van der Waals surface area contributed by atoms with Crippen molar-refractivity contribution in [3.8, 4) is 17.2 Å². The first-order chi connectivity index (χ1) is 17.9. The van der Waals surface area contributed by atoms with Gasteiger partial charge in [0.2, 0.25) is 0 Å². The van der Waals surface area contributed by atoms with E-state index in [-0.39, 0.29) is 17.6 Å². The SMILES string of the molecule is CCC1CN(CCOc2ccc([C@H]3Oc4ccc(O)cc4C(C)=C3c3ccc(CC(C)=O)cc3)cc2)C1. The van der Waals surface area contributed by atoms with Gasteiger partial charge in [0, 0.05) is 37.2 Å². The summed E-state index contributed by atoms with van der Waals surface area (Å²) >= 11 is 0. The number of benzene rings is 3. The largest absolute Gasteiger partial charge is 0.508 e. The van der Waals surface area contributed by atoms with Gasteiger partial charge in [-0.25, -0.2) is 0 Å². The molecule has 0 spiro atoms. The van der Waals surface area contributed by atoms with E-state index in [1.807, 2.05) is 30.3 Å². The van der Waals surface area contributed by atoms with Gasteiger partial charge in [0.05, 0.1) is 0 Å². The topological polar surface area (TPSA) is 59.0 Å². The van der Waals surface area contributed by atoms with Crippen LogP contribution in [0.25, 0.3) is 11.1 Å². The van der Waals surface area contributed by atoms with Crippen molar-refractivity contribution in [2.75, 3.05) is 26.2 Å². The molecule has 5 nitrogen and oxygen atoms in total. The van der Waals surface area contributed by atoms with Gasteiger partial charge in [0.15, 0.2) is 0 Å². The zero-order valence-corrected chi connectivity index (χ0v) is 21.9.